The number of nitrogen functional groups attached to an aromatic ring is 1. The number of anilines is 1. The second kappa shape index (κ2) is 6.04. The van der Waals surface area contributed by atoms with Gasteiger partial charge in [0.05, 0.1) is 11.7 Å². The third-order valence-electron chi connectivity index (χ3n) is 3.58. The summed E-state index contributed by atoms with van der Waals surface area (Å²) in [6.07, 6.45) is 1.80. The number of nitrogens with one attached hydrogen (secondary N) is 1. The quantitative estimate of drug-likeness (QED) is 0.904. The van der Waals surface area contributed by atoms with Gasteiger partial charge in [0.2, 0.25) is 0 Å². The van der Waals surface area contributed by atoms with Crippen LogP contribution in [0, 0.1) is 6.92 Å². The lowest BCUT2D eigenvalue weighted by atomic mass is 10.1. The van der Waals surface area contributed by atoms with Gasteiger partial charge in [-0.2, -0.15) is 0 Å². The van der Waals surface area contributed by atoms with Crippen LogP contribution in [0.2, 0.25) is 0 Å². The standard InChI is InChI=1S/C17H23N3O/c1-11(2)20-10-15(18)9-16(20)17(21)19-13(4)14-7-5-12(3)6-8-14/h5-11,13H,18H2,1-4H3,(H,19,21). The maximum Gasteiger partial charge on any atom is 0.268 e. The third-order valence-corrected chi connectivity index (χ3v) is 3.58. The van der Waals surface area contributed by atoms with Gasteiger partial charge in [0.1, 0.15) is 5.69 Å². The zero-order valence-corrected chi connectivity index (χ0v) is 13.1. The molecule has 2 rings (SSSR count). The molecule has 0 aliphatic heterocycles. The van der Waals surface area contributed by atoms with E-state index in [1.807, 2.05) is 56.5 Å². The van der Waals surface area contributed by atoms with Gasteiger partial charge in [-0.3, -0.25) is 4.79 Å². The molecule has 4 heteroatoms. The fourth-order valence-electron chi connectivity index (χ4n) is 2.32. The first-order valence-electron chi connectivity index (χ1n) is 7.23. The van der Waals surface area contributed by atoms with E-state index in [0.717, 1.165) is 5.56 Å². The Morgan fingerprint density at radius 1 is 1.19 bits per heavy atom. The average molecular weight is 285 g/mol. The molecule has 21 heavy (non-hydrogen) atoms. The Hall–Kier alpha value is -2.23. The van der Waals surface area contributed by atoms with Crippen molar-refractivity contribution in [3.05, 3.63) is 53.3 Å². The number of benzene rings is 1. The lowest BCUT2D eigenvalue weighted by Crippen LogP contribution is -2.28. The summed E-state index contributed by atoms with van der Waals surface area (Å²) in [4.78, 5) is 12.4. The van der Waals surface area contributed by atoms with Crippen LogP contribution in [0.3, 0.4) is 0 Å². The number of nitrogens with zero attached hydrogens (tertiary/aromatic N) is 1. The van der Waals surface area contributed by atoms with Crippen molar-refractivity contribution in [2.45, 2.75) is 39.8 Å². The van der Waals surface area contributed by atoms with Crippen LogP contribution < -0.4 is 11.1 Å². The van der Waals surface area contributed by atoms with Crippen molar-refractivity contribution in [2.75, 3.05) is 5.73 Å². The highest BCUT2D eigenvalue weighted by Crippen LogP contribution is 2.18. The van der Waals surface area contributed by atoms with Crippen LogP contribution in [-0.4, -0.2) is 10.5 Å². The lowest BCUT2D eigenvalue weighted by Gasteiger charge is -2.17. The molecule has 1 unspecified atom stereocenters. The monoisotopic (exact) mass is 285 g/mol. The summed E-state index contributed by atoms with van der Waals surface area (Å²) in [5, 5.41) is 3.03. The largest absolute Gasteiger partial charge is 0.397 e. The van der Waals surface area contributed by atoms with Crippen molar-refractivity contribution in [2.24, 2.45) is 0 Å². The van der Waals surface area contributed by atoms with Gasteiger partial charge in [-0.05, 0) is 39.3 Å². The number of hydrogen-bond acceptors (Lipinski definition) is 2. The molecule has 0 aliphatic rings. The van der Waals surface area contributed by atoms with Gasteiger partial charge in [0.15, 0.2) is 0 Å². The number of rotatable bonds is 4. The van der Waals surface area contributed by atoms with Crippen LogP contribution in [0.15, 0.2) is 36.5 Å². The second-order valence-corrected chi connectivity index (χ2v) is 5.77. The number of nitrogens with two attached hydrogens (primary N) is 1. The van der Waals surface area contributed by atoms with Crippen molar-refractivity contribution < 1.29 is 4.79 Å². The summed E-state index contributed by atoms with van der Waals surface area (Å²) in [5.41, 5.74) is 9.31. The van der Waals surface area contributed by atoms with E-state index < -0.39 is 0 Å². The topological polar surface area (TPSA) is 60.1 Å². The van der Waals surface area contributed by atoms with Gasteiger partial charge in [0, 0.05) is 12.2 Å². The van der Waals surface area contributed by atoms with E-state index in [2.05, 4.69) is 5.32 Å². The van der Waals surface area contributed by atoms with Crippen LogP contribution in [0.5, 0.6) is 0 Å². The second-order valence-electron chi connectivity index (χ2n) is 5.77. The predicted octanol–water partition coefficient (Wildman–Crippen LogP) is 3.45. The molecule has 0 saturated heterocycles. The van der Waals surface area contributed by atoms with Crippen molar-refractivity contribution in [1.82, 2.24) is 9.88 Å². The minimum absolute atomic E-state index is 0.0464. The van der Waals surface area contributed by atoms with E-state index >= 15 is 0 Å². The minimum Gasteiger partial charge on any atom is -0.397 e. The van der Waals surface area contributed by atoms with Crippen molar-refractivity contribution >= 4 is 11.6 Å². The van der Waals surface area contributed by atoms with Crippen LogP contribution in [0.25, 0.3) is 0 Å². The Labute approximate surface area is 126 Å². The van der Waals surface area contributed by atoms with E-state index in [1.54, 1.807) is 12.3 Å². The smallest absolute Gasteiger partial charge is 0.268 e. The highest BCUT2D eigenvalue weighted by molar-refractivity contribution is 5.94. The molecule has 1 amide bonds. The molecule has 0 bridgehead atoms. The average Bonchev–Trinajstić information content (AvgIpc) is 2.82. The van der Waals surface area contributed by atoms with Crippen LogP contribution >= 0.6 is 0 Å². The summed E-state index contributed by atoms with van der Waals surface area (Å²) in [6.45, 7) is 8.08. The van der Waals surface area contributed by atoms with Gasteiger partial charge in [-0.1, -0.05) is 29.8 Å². The molecular formula is C17H23N3O. The van der Waals surface area contributed by atoms with E-state index in [1.165, 1.54) is 5.56 Å². The molecule has 0 saturated carbocycles. The molecule has 112 valence electrons. The SMILES string of the molecule is Cc1ccc(C(C)NC(=O)c2cc(N)cn2C(C)C)cc1. The number of carbonyl (C=O) groups is 1. The third kappa shape index (κ3) is 3.45. The van der Waals surface area contributed by atoms with E-state index in [0.29, 0.717) is 11.4 Å². The Morgan fingerprint density at radius 2 is 1.81 bits per heavy atom. The van der Waals surface area contributed by atoms with E-state index in [-0.39, 0.29) is 18.0 Å². The number of carbonyl (C=O) groups excluding carboxylic acids is 1. The first kappa shape index (κ1) is 15.2. The van der Waals surface area contributed by atoms with Gasteiger partial charge in [-0.15, -0.1) is 0 Å². The Bertz CT molecular complexity index is 626. The van der Waals surface area contributed by atoms with Crippen LogP contribution in [0.1, 0.15) is 54.5 Å². The maximum absolute atomic E-state index is 12.4. The summed E-state index contributed by atoms with van der Waals surface area (Å²) < 4.78 is 1.90. The van der Waals surface area contributed by atoms with Gasteiger partial charge < -0.3 is 15.6 Å². The number of aromatic nitrogens is 1. The van der Waals surface area contributed by atoms with Gasteiger partial charge >= 0.3 is 0 Å². The molecule has 3 N–H and O–H groups in total. The molecule has 0 radical (unpaired) electrons. The van der Waals surface area contributed by atoms with E-state index in [9.17, 15) is 4.79 Å². The van der Waals surface area contributed by atoms with Crippen molar-refractivity contribution in [1.29, 1.82) is 0 Å². The normalized spacial score (nSPS) is 12.4. The predicted molar refractivity (Wildman–Crippen MR) is 86.3 cm³/mol. The molecule has 1 heterocycles. The van der Waals surface area contributed by atoms with Crippen LogP contribution in [0.4, 0.5) is 5.69 Å². The summed E-state index contributed by atoms with van der Waals surface area (Å²) >= 11 is 0. The fourth-order valence-corrected chi connectivity index (χ4v) is 2.32. The summed E-state index contributed by atoms with van der Waals surface area (Å²) in [6, 6.07) is 10.0. The first-order chi connectivity index (χ1) is 9.88. The number of aryl methyl sites for hydroxylation is 1. The highest BCUT2D eigenvalue weighted by atomic mass is 16.2. The molecule has 0 aliphatic carbocycles. The summed E-state index contributed by atoms with van der Waals surface area (Å²) in [7, 11) is 0. The number of hydrogen-bond donors (Lipinski definition) is 2. The fraction of sp³-hybridized carbons (Fsp3) is 0.353. The lowest BCUT2D eigenvalue weighted by molar-refractivity contribution is 0.0929. The molecule has 2 aromatic rings. The van der Waals surface area contributed by atoms with Gasteiger partial charge in [0.25, 0.3) is 5.91 Å². The number of amides is 1. The molecule has 1 atom stereocenters. The molecule has 1 aromatic carbocycles. The van der Waals surface area contributed by atoms with Gasteiger partial charge in [-0.25, -0.2) is 0 Å². The Morgan fingerprint density at radius 3 is 2.38 bits per heavy atom. The van der Waals surface area contributed by atoms with Crippen molar-refractivity contribution in [3.8, 4) is 0 Å². The molecule has 1 aromatic heterocycles. The molecule has 0 spiro atoms. The minimum atomic E-state index is -0.103. The summed E-state index contributed by atoms with van der Waals surface area (Å²) in [5.74, 6) is -0.103. The highest BCUT2D eigenvalue weighted by Gasteiger charge is 2.17. The van der Waals surface area contributed by atoms with Crippen molar-refractivity contribution in [3.63, 3.8) is 0 Å². The van der Waals surface area contributed by atoms with E-state index in [4.69, 9.17) is 5.73 Å². The Balaban J connectivity index is 2.16. The molecule has 4 nitrogen and oxygen atoms in total. The zero-order chi connectivity index (χ0) is 15.6. The first-order valence-corrected chi connectivity index (χ1v) is 7.23. The molecular weight excluding hydrogens is 262 g/mol. The zero-order valence-electron chi connectivity index (χ0n) is 13.1. The van der Waals surface area contributed by atoms with Crippen LogP contribution in [-0.2, 0) is 0 Å². The Kier molecular flexibility index (Phi) is 4.36. The maximum atomic E-state index is 12.4. The molecule has 0 fully saturated rings.